The van der Waals surface area contributed by atoms with Gasteiger partial charge in [-0.2, -0.15) is 5.53 Å². The number of hydrogen-bond acceptors (Lipinski definition) is 8. The number of ether oxygens (including phenoxy) is 3. The molecule has 0 bridgehead atoms. The lowest BCUT2D eigenvalue weighted by Crippen LogP contribution is -2.50. The van der Waals surface area contributed by atoms with Crippen LogP contribution in [-0.4, -0.2) is 24.9 Å². The van der Waals surface area contributed by atoms with Crippen LogP contribution in [-0.2, 0) is 17.9 Å². The fraction of sp³-hybridized carbons (Fsp3) is 0.208. The standard InChI is InChI=1S/C24H25N5O4/c30-24(25-13-17-6-11-20-21(12-17)33-15-32-20)22-23(28-29-27-22)26-18-7-9-19(10-8-18)31-14-16-4-2-1-3-5-16/h1-12,22-23,26-29H,13-15H2,(H,25,30). The summed E-state index contributed by atoms with van der Waals surface area (Å²) in [4.78, 5) is 12.8. The Morgan fingerprint density at radius 2 is 1.76 bits per heavy atom. The number of fused-ring (bicyclic) bond motifs is 1. The predicted octanol–water partition coefficient (Wildman–Crippen LogP) is 2.03. The monoisotopic (exact) mass is 447 g/mol. The van der Waals surface area contributed by atoms with Crippen molar-refractivity contribution in [3.05, 3.63) is 83.9 Å². The van der Waals surface area contributed by atoms with Crippen LogP contribution in [0.5, 0.6) is 17.2 Å². The molecule has 2 atom stereocenters. The Balaban J connectivity index is 1.13. The lowest BCUT2D eigenvalue weighted by molar-refractivity contribution is -0.123. The molecule has 0 aromatic heterocycles. The Labute approximate surface area is 191 Å². The van der Waals surface area contributed by atoms with Crippen molar-refractivity contribution in [3.63, 3.8) is 0 Å². The molecule has 5 rings (SSSR count). The molecule has 3 aromatic rings. The smallest absolute Gasteiger partial charge is 0.242 e. The van der Waals surface area contributed by atoms with Gasteiger partial charge in [0, 0.05) is 12.2 Å². The second-order valence-electron chi connectivity index (χ2n) is 7.72. The zero-order valence-electron chi connectivity index (χ0n) is 17.8. The Morgan fingerprint density at radius 1 is 0.939 bits per heavy atom. The van der Waals surface area contributed by atoms with E-state index in [9.17, 15) is 4.79 Å². The second-order valence-corrected chi connectivity index (χ2v) is 7.72. The Hall–Kier alpha value is -3.79. The molecule has 9 heteroatoms. The van der Waals surface area contributed by atoms with Gasteiger partial charge < -0.3 is 24.8 Å². The average Bonchev–Trinajstić information content (AvgIpc) is 3.52. The summed E-state index contributed by atoms with van der Waals surface area (Å²) in [6.07, 6.45) is -0.349. The van der Waals surface area contributed by atoms with Gasteiger partial charge in [-0.05, 0) is 47.5 Å². The van der Waals surface area contributed by atoms with E-state index in [0.29, 0.717) is 18.9 Å². The fourth-order valence-corrected chi connectivity index (χ4v) is 3.62. The molecule has 0 spiro atoms. The summed E-state index contributed by atoms with van der Waals surface area (Å²) >= 11 is 0. The topological polar surface area (TPSA) is 105 Å². The van der Waals surface area contributed by atoms with E-state index in [4.69, 9.17) is 14.2 Å². The normalized spacial score (nSPS) is 18.7. The molecule has 1 fully saturated rings. The number of rotatable bonds is 8. The van der Waals surface area contributed by atoms with Gasteiger partial charge >= 0.3 is 0 Å². The molecule has 1 saturated heterocycles. The van der Waals surface area contributed by atoms with Crippen molar-refractivity contribution in [1.82, 2.24) is 21.7 Å². The van der Waals surface area contributed by atoms with Crippen LogP contribution >= 0.6 is 0 Å². The van der Waals surface area contributed by atoms with Crippen molar-refractivity contribution >= 4 is 11.6 Å². The molecule has 0 saturated carbocycles. The lowest BCUT2D eigenvalue weighted by Gasteiger charge is -2.20. The van der Waals surface area contributed by atoms with Crippen LogP contribution in [0.15, 0.2) is 72.8 Å². The molecular formula is C24H25N5O4. The number of hydrogen-bond donors (Lipinski definition) is 5. The molecule has 2 unspecified atom stereocenters. The highest BCUT2D eigenvalue weighted by atomic mass is 16.7. The van der Waals surface area contributed by atoms with Crippen LogP contribution in [0.3, 0.4) is 0 Å². The molecule has 2 aliphatic rings. The first kappa shape index (κ1) is 21.1. The van der Waals surface area contributed by atoms with Crippen LogP contribution in [0.25, 0.3) is 0 Å². The van der Waals surface area contributed by atoms with E-state index >= 15 is 0 Å². The molecule has 3 aromatic carbocycles. The zero-order valence-corrected chi connectivity index (χ0v) is 17.8. The largest absolute Gasteiger partial charge is 0.489 e. The van der Waals surface area contributed by atoms with Crippen LogP contribution in [0.1, 0.15) is 11.1 Å². The number of amides is 1. The molecular weight excluding hydrogens is 422 g/mol. The highest BCUT2D eigenvalue weighted by molar-refractivity contribution is 5.83. The van der Waals surface area contributed by atoms with Gasteiger partial charge in [0.2, 0.25) is 12.7 Å². The van der Waals surface area contributed by atoms with Crippen molar-refractivity contribution < 1.29 is 19.0 Å². The van der Waals surface area contributed by atoms with Gasteiger partial charge in [-0.15, -0.1) is 0 Å². The molecule has 5 N–H and O–H groups in total. The number of carbonyl (C=O) groups is 1. The molecule has 0 aliphatic carbocycles. The molecule has 0 radical (unpaired) electrons. The first-order chi connectivity index (χ1) is 16.2. The highest BCUT2D eigenvalue weighted by Crippen LogP contribution is 2.32. The summed E-state index contributed by atoms with van der Waals surface area (Å²) in [6.45, 7) is 1.12. The maximum absolute atomic E-state index is 12.8. The van der Waals surface area contributed by atoms with E-state index in [1.807, 2.05) is 72.8 Å². The Kier molecular flexibility index (Phi) is 6.25. The van der Waals surface area contributed by atoms with Crippen molar-refractivity contribution in [1.29, 1.82) is 0 Å². The zero-order chi connectivity index (χ0) is 22.5. The third kappa shape index (κ3) is 5.17. The molecule has 9 nitrogen and oxygen atoms in total. The van der Waals surface area contributed by atoms with E-state index in [1.165, 1.54) is 0 Å². The van der Waals surface area contributed by atoms with Crippen molar-refractivity contribution in [2.24, 2.45) is 0 Å². The van der Waals surface area contributed by atoms with Gasteiger partial charge in [-0.3, -0.25) is 4.79 Å². The second kappa shape index (κ2) is 9.78. The number of anilines is 1. The first-order valence-corrected chi connectivity index (χ1v) is 10.7. The molecule has 33 heavy (non-hydrogen) atoms. The van der Waals surface area contributed by atoms with E-state index < -0.39 is 6.04 Å². The number of hydrazine groups is 2. The van der Waals surface area contributed by atoms with Crippen LogP contribution in [0, 0.1) is 0 Å². The SMILES string of the molecule is O=C(NCc1ccc2c(c1)OCO2)C1NNNC1Nc1ccc(OCc2ccccc2)cc1. The van der Waals surface area contributed by atoms with Crippen LogP contribution in [0.4, 0.5) is 5.69 Å². The molecule has 2 heterocycles. The summed E-state index contributed by atoms with van der Waals surface area (Å²) in [7, 11) is 0. The van der Waals surface area contributed by atoms with Gasteiger partial charge in [0.1, 0.15) is 24.6 Å². The molecule has 1 amide bonds. The van der Waals surface area contributed by atoms with E-state index in [1.54, 1.807) is 0 Å². The maximum Gasteiger partial charge on any atom is 0.242 e. The number of nitrogens with one attached hydrogen (secondary N) is 5. The number of benzene rings is 3. The Bertz CT molecular complexity index is 1090. The summed E-state index contributed by atoms with van der Waals surface area (Å²) in [5, 5.41) is 6.27. The van der Waals surface area contributed by atoms with Gasteiger partial charge in [0.25, 0.3) is 0 Å². The minimum absolute atomic E-state index is 0.148. The third-order valence-electron chi connectivity index (χ3n) is 5.40. The summed E-state index contributed by atoms with van der Waals surface area (Å²) in [5.74, 6) is 2.04. The van der Waals surface area contributed by atoms with E-state index in [0.717, 1.165) is 28.3 Å². The van der Waals surface area contributed by atoms with Crippen LogP contribution < -0.4 is 41.2 Å². The first-order valence-electron chi connectivity index (χ1n) is 10.7. The molecule has 2 aliphatic heterocycles. The third-order valence-corrected chi connectivity index (χ3v) is 5.40. The minimum Gasteiger partial charge on any atom is -0.489 e. The lowest BCUT2D eigenvalue weighted by atomic mass is 10.1. The van der Waals surface area contributed by atoms with Crippen molar-refractivity contribution in [3.8, 4) is 17.2 Å². The van der Waals surface area contributed by atoms with Gasteiger partial charge in [-0.25, -0.2) is 10.9 Å². The number of carbonyl (C=O) groups excluding carboxylic acids is 1. The Morgan fingerprint density at radius 3 is 2.61 bits per heavy atom. The summed E-state index contributed by atoms with van der Waals surface area (Å²) < 4.78 is 16.5. The maximum atomic E-state index is 12.8. The van der Waals surface area contributed by atoms with E-state index in [-0.39, 0.29) is 18.9 Å². The van der Waals surface area contributed by atoms with E-state index in [2.05, 4.69) is 27.0 Å². The predicted molar refractivity (Wildman–Crippen MR) is 122 cm³/mol. The quantitative estimate of drug-likeness (QED) is 0.357. The summed E-state index contributed by atoms with van der Waals surface area (Å²) in [5.41, 5.74) is 11.7. The minimum atomic E-state index is -0.520. The molecule has 170 valence electrons. The van der Waals surface area contributed by atoms with Gasteiger partial charge in [0.05, 0.1) is 0 Å². The van der Waals surface area contributed by atoms with Crippen molar-refractivity contribution in [2.75, 3.05) is 12.1 Å². The van der Waals surface area contributed by atoms with Gasteiger partial charge in [0.15, 0.2) is 11.5 Å². The van der Waals surface area contributed by atoms with Crippen LogP contribution in [0.2, 0.25) is 0 Å². The highest BCUT2D eigenvalue weighted by Gasteiger charge is 2.32. The van der Waals surface area contributed by atoms with Gasteiger partial charge in [-0.1, -0.05) is 36.4 Å². The summed E-state index contributed by atoms with van der Waals surface area (Å²) in [6, 6.07) is 22.8. The van der Waals surface area contributed by atoms with Crippen molar-refractivity contribution in [2.45, 2.75) is 25.4 Å². The average molecular weight is 447 g/mol. The fourth-order valence-electron chi connectivity index (χ4n) is 3.62.